The summed E-state index contributed by atoms with van der Waals surface area (Å²) in [7, 11) is 0. The molecule has 4 heteroatoms. The first kappa shape index (κ1) is 13.1. The molecule has 2 rings (SSSR count). The van der Waals surface area contributed by atoms with E-state index in [2.05, 4.69) is 0 Å². The van der Waals surface area contributed by atoms with Crippen LogP contribution in [0.5, 0.6) is 11.5 Å². The lowest BCUT2D eigenvalue weighted by Crippen LogP contribution is -1.93. The minimum Gasteiger partial charge on any atom is -0.457 e. The van der Waals surface area contributed by atoms with Gasteiger partial charge in [0.05, 0.1) is 12.2 Å². The monoisotopic (exact) mass is 257 g/mol. The van der Waals surface area contributed by atoms with Crippen LogP contribution in [0.2, 0.25) is 0 Å². The molecule has 0 aliphatic heterocycles. The van der Waals surface area contributed by atoms with E-state index in [4.69, 9.17) is 10.00 Å². The van der Waals surface area contributed by atoms with E-state index in [9.17, 15) is 9.50 Å². The van der Waals surface area contributed by atoms with Crippen molar-refractivity contribution < 1.29 is 14.2 Å². The Morgan fingerprint density at radius 2 is 2.05 bits per heavy atom. The Kier molecular flexibility index (Phi) is 3.79. The Balaban J connectivity index is 2.31. The van der Waals surface area contributed by atoms with Gasteiger partial charge in [0.25, 0.3) is 0 Å². The molecule has 0 saturated carbocycles. The second kappa shape index (κ2) is 5.51. The number of nitriles is 1. The molecule has 0 radical (unpaired) electrons. The van der Waals surface area contributed by atoms with Crippen molar-refractivity contribution in [3.8, 4) is 17.6 Å². The molecule has 2 aromatic carbocycles. The number of aryl methyl sites for hydroxylation is 1. The minimum absolute atomic E-state index is 0.0290. The summed E-state index contributed by atoms with van der Waals surface area (Å²) >= 11 is 0. The second-order valence-electron chi connectivity index (χ2n) is 4.12. The zero-order chi connectivity index (χ0) is 13.8. The topological polar surface area (TPSA) is 53.2 Å². The number of hydrogen-bond donors (Lipinski definition) is 1. The van der Waals surface area contributed by atoms with E-state index in [0.29, 0.717) is 11.3 Å². The lowest BCUT2D eigenvalue weighted by atomic mass is 10.1. The van der Waals surface area contributed by atoms with E-state index in [1.165, 1.54) is 12.1 Å². The molecule has 0 heterocycles. The van der Waals surface area contributed by atoms with Gasteiger partial charge in [-0.1, -0.05) is 17.7 Å². The highest BCUT2D eigenvalue weighted by Crippen LogP contribution is 2.27. The summed E-state index contributed by atoms with van der Waals surface area (Å²) in [5.74, 6) is 0.130. The first-order chi connectivity index (χ1) is 9.13. The molecule has 19 heavy (non-hydrogen) atoms. The van der Waals surface area contributed by atoms with Crippen LogP contribution in [0.4, 0.5) is 4.39 Å². The van der Waals surface area contributed by atoms with Gasteiger partial charge in [-0.2, -0.15) is 5.26 Å². The van der Waals surface area contributed by atoms with Crippen LogP contribution in [0.25, 0.3) is 0 Å². The largest absolute Gasteiger partial charge is 0.457 e. The average molecular weight is 257 g/mol. The summed E-state index contributed by atoms with van der Waals surface area (Å²) in [4.78, 5) is 0. The van der Waals surface area contributed by atoms with Crippen LogP contribution in [0, 0.1) is 24.1 Å². The van der Waals surface area contributed by atoms with Crippen molar-refractivity contribution in [2.75, 3.05) is 0 Å². The number of hydrogen-bond acceptors (Lipinski definition) is 3. The summed E-state index contributed by atoms with van der Waals surface area (Å²) < 4.78 is 19.0. The molecular weight excluding hydrogens is 245 g/mol. The van der Waals surface area contributed by atoms with Crippen LogP contribution in [-0.4, -0.2) is 5.11 Å². The number of rotatable bonds is 3. The van der Waals surface area contributed by atoms with Crippen LogP contribution >= 0.6 is 0 Å². The first-order valence-electron chi connectivity index (χ1n) is 5.72. The average Bonchev–Trinajstić information content (AvgIpc) is 2.41. The summed E-state index contributed by atoms with van der Waals surface area (Å²) in [6.45, 7) is 1.75. The fourth-order valence-electron chi connectivity index (χ4n) is 1.71. The predicted molar refractivity (Wildman–Crippen MR) is 68.3 cm³/mol. The molecule has 1 N–H and O–H groups in total. The van der Waals surface area contributed by atoms with Crippen LogP contribution < -0.4 is 4.74 Å². The maximum absolute atomic E-state index is 13.4. The normalized spacial score (nSPS) is 10.0. The lowest BCUT2D eigenvalue weighted by Gasteiger charge is -2.10. The summed E-state index contributed by atoms with van der Waals surface area (Å²) in [6, 6.07) is 11.1. The first-order valence-corrected chi connectivity index (χ1v) is 5.72. The third-order valence-electron chi connectivity index (χ3n) is 2.68. The van der Waals surface area contributed by atoms with Crippen molar-refractivity contribution in [2.24, 2.45) is 0 Å². The fraction of sp³-hybridized carbons (Fsp3) is 0.133. The predicted octanol–water partition coefficient (Wildman–Crippen LogP) is 3.29. The van der Waals surface area contributed by atoms with Gasteiger partial charge in [-0.15, -0.1) is 0 Å². The number of nitrogens with zero attached hydrogens (tertiary/aromatic N) is 1. The van der Waals surface area contributed by atoms with Crippen molar-refractivity contribution in [3.63, 3.8) is 0 Å². The molecule has 0 aromatic heterocycles. The Labute approximate surface area is 110 Å². The van der Waals surface area contributed by atoms with Gasteiger partial charge >= 0.3 is 0 Å². The highest BCUT2D eigenvalue weighted by molar-refractivity contribution is 5.42. The molecule has 0 spiro atoms. The Morgan fingerprint density at radius 1 is 1.26 bits per heavy atom. The van der Waals surface area contributed by atoms with Crippen molar-refractivity contribution >= 4 is 0 Å². The Hall–Kier alpha value is -2.38. The molecule has 0 unspecified atom stereocenters. The van der Waals surface area contributed by atoms with E-state index in [-0.39, 0.29) is 17.9 Å². The lowest BCUT2D eigenvalue weighted by molar-refractivity contribution is 0.276. The van der Waals surface area contributed by atoms with E-state index < -0.39 is 5.82 Å². The maximum atomic E-state index is 13.4. The number of aliphatic hydroxyl groups excluding tert-OH is 1. The molecular formula is C15H12FNO2. The van der Waals surface area contributed by atoms with Gasteiger partial charge in [0.1, 0.15) is 23.4 Å². The number of ether oxygens (including phenoxy) is 1. The summed E-state index contributed by atoms with van der Waals surface area (Å²) in [5, 5.41) is 17.9. The van der Waals surface area contributed by atoms with Crippen LogP contribution in [0.15, 0.2) is 36.4 Å². The van der Waals surface area contributed by atoms with Crippen LogP contribution in [-0.2, 0) is 6.61 Å². The summed E-state index contributed by atoms with van der Waals surface area (Å²) in [5.41, 5.74) is 1.60. The number of aliphatic hydroxyl groups is 1. The molecule has 0 saturated heterocycles. The van der Waals surface area contributed by atoms with E-state index >= 15 is 0 Å². The maximum Gasteiger partial charge on any atom is 0.144 e. The second-order valence-corrected chi connectivity index (χ2v) is 4.12. The minimum atomic E-state index is -0.627. The molecule has 96 valence electrons. The zero-order valence-corrected chi connectivity index (χ0v) is 10.4. The van der Waals surface area contributed by atoms with Crippen LogP contribution in [0.1, 0.15) is 16.7 Å². The standard InChI is InChI=1S/C15H12FNO2/c1-10-2-5-15(12(6-10)9-18)19-13-4-3-11(8-17)14(16)7-13/h2-7,18H,9H2,1H3. The van der Waals surface area contributed by atoms with Crippen LogP contribution in [0.3, 0.4) is 0 Å². The van der Waals surface area contributed by atoms with Gasteiger partial charge in [0, 0.05) is 11.6 Å². The van der Waals surface area contributed by atoms with Crippen molar-refractivity contribution in [2.45, 2.75) is 13.5 Å². The SMILES string of the molecule is Cc1ccc(Oc2ccc(C#N)c(F)c2)c(CO)c1. The molecule has 0 bridgehead atoms. The number of halogens is 1. The summed E-state index contributed by atoms with van der Waals surface area (Å²) in [6.07, 6.45) is 0. The molecule has 0 atom stereocenters. The number of benzene rings is 2. The molecule has 0 fully saturated rings. The molecule has 0 aliphatic rings. The highest BCUT2D eigenvalue weighted by atomic mass is 19.1. The quantitative estimate of drug-likeness (QED) is 0.917. The van der Waals surface area contributed by atoms with Crippen molar-refractivity contribution in [1.29, 1.82) is 5.26 Å². The van der Waals surface area contributed by atoms with Gasteiger partial charge in [-0.25, -0.2) is 4.39 Å². The van der Waals surface area contributed by atoms with Crippen molar-refractivity contribution in [3.05, 3.63) is 58.9 Å². The fourth-order valence-corrected chi connectivity index (χ4v) is 1.71. The van der Waals surface area contributed by atoms with E-state index in [1.807, 2.05) is 13.0 Å². The van der Waals surface area contributed by atoms with Gasteiger partial charge in [-0.3, -0.25) is 0 Å². The van der Waals surface area contributed by atoms with Gasteiger partial charge < -0.3 is 9.84 Å². The molecule has 2 aromatic rings. The van der Waals surface area contributed by atoms with Gasteiger partial charge in [0.15, 0.2) is 0 Å². The third-order valence-corrected chi connectivity index (χ3v) is 2.68. The molecule has 3 nitrogen and oxygen atoms in total. The van der Waals surface area contributed by atoms with E-state index in [0.717, 1.165) is 11.6 Å². The van der Waals surface area contributed by atoms with Crippen molar-refractivity contribution in [1.82, 2.24) is 0 Å². The van der Waals surface area contributed by atoms with Gasteiger partial charge in [-0.05, 0) is 25.1 Å². The smallest absolute Gasteiger partial charge is 0.144 e. The zero-order valence-electron chi connectivity index (χ0n) is 10.4. The van der Waals surface area contributed by atoms with E-state index in [1.54, 1.807) is 18.2 Å². The highest BCUT2D eigenvalue weighted by Gasteiger charge is 2.07. The Morgan fingerprint density at radius 3 is 2.68 bits per heavy atom. The molecule has 0 amide bonds. The van der Waals surface area contributed by atoms with Gasteiger partial charge in [0.2, 0.25) is 0 Å². The Bertz CT molecular complexity index is 647. The molecule has 0 aliphatic carbocycles. The third kappa shape index (κ3) is 2.90.